The number of hydrogen-bond donors (Lipinski definition) is 1. The third-order valence-electron chi connectivity index (χ3n) is 4.30. The highest BCUT2D eigenvalue weighted by Crippen LogP contribution is 2.34. The van der Waals surface area contributed by atoms with Gasteiger partial charge in [-0.1, -0.05) is 29.3 Å². The Morgan fingerprint density at radius 2 is 1.87 bits per heavy atom. The molecule has 3 rings (SSSR count). The Morgan fingerprint density at radius 3 is 2.50 bits per heavy atom. The minimum absolute atomic E-state index is 0.00787. The van der Waals surface area contributed by atoms with Gasteiger partial charge in [-0.3, -0.25) is 4.79 Å². The summed E-state index contributed by atoms with van der Waals surface area (Å²) in [6, 6.07) is 9.61. The standard InChI is InChI=1S/C19H20Cl2N2O5S2/c1-27-16-6-5-13(11-17(16)30(25,26)23-7-9-28-10-8-23)22-18(24)12-29-19-14(20)3-2-4-15(19)21/h2-6,11H,7-10,12H2,1H3,(H,22,24). The first-order valence-corrected chi connectivity index (χ1v) is 12.1. The van der Waals surface area contributed by atoms with Gasteiger partial charge >= 0.3 is 0 Å². The Kier molecular flexibility index (Phi) is 7.89. The number of ether oxygens (including phenoxy) is 2. The number of hydrogen-bond acceptors (Lipinski definition) is 6. The van der Waals surface area contributed by atoms with Gasteiger partial charge in [0, 0.05) is 23.7 Å². The molecule has 2 aromatic rings. The number of nitrogens with one attached hydrogen (secondary N) is 1. The van der Waals surface area contributed by atoms with Crippen molar-refractivity contribution in [2.45, 2.75) is 9.79 Å². The number of morpholine rings is 1. The van der Waals surface area contributed by atoms with E-state index in [4.69, 9.17) is 32.7 Å². The topological polar surface area (TPSA) is 84.9 Å². The van der Waals surface area contributed by atoms with Gasteiger partial charge in [0.2, 0.25) is 15.9 Å². The molecule has 1 N–H and O–H groups in total. The van der Waals surface area contributed by atoms with E-state index < -0.39 is 10.0 Å². The van der Waals surface area contributed by atoms with E-state index in [2.05, 4.69) is 5.32 Å². The van der Waals surface area contributed by atoms with E-state index >= 15 is 0 Å². The van der Waals surface area contributed by atoms with Gasteiger partial charge in [0.15, 0.2) is 0 Å². The molecule has 0 saturated carbocycles. The second-order valence-corrected chi connectivity index (χ2v) is 9.98. The van der Waals surface area contributed by atoms with Crippen LogP contribution >= 0.6 is 35.0 Å². The van der Waals surface area contributed by atoms with Crippen LogP contribution in [0.2, 0.25) is 10.0 Å². The average molecular weight is 491 g/mol. The number of benzene rings is 2. The summed E-state index contributed by atoms with van der Waals surface area (Å²) in [5, 5.41) is 3.63. The van der Waals surface area contributed by atoms with E-state index in [1.165, 1.54) is 35.3 Å². The molecule has 0 radical (unpaired) electrons. The van der Waals surface area contributed by atoms with Crippen LogP contribution in [0.15, 0.2) is 46.2 Å². The molecular formula is C19H20Cl2N2O5S2. The van der Waals surface area contributed by atoms with Crippen LogP contribution in [0.5, 0.6) is 5.75 Å². The van der Waals surface area contributed by atoms with E-state index in [1.54, 1.807) is 24.3 Å². The summed E-state index contributed by atoms with van der Waals surface area (Å²) in [5.74, 6) is -0.0614. The van der Waals surface area contributed by atoms with Crippen LogP contribution < -0.4 is 10.1 Å². The highest BCUT2D eigenvalue weighted by atomic mass is 35.5. The van der Waals surface area contributed by atoms with Crippen LogP contribution in [0, 0.1) is 0 Å². The number of halogens is 2. The zero-order chi connectivity index (χ0) is 21.7. The lowest BCUT2D eigenvalue weighted by Gasteiger charge is -2.26. The maximum atomic E-state index is 13.0. The van der Waals surface area contributed by atoms with E-state index in [0.717, 1.165) is 0 Å². The smallest absolute Gasteiger partial charge is 0.246 e. The number of carbonyl (C=O) groups excluding carboxylic acids is 1. The van der Waals surface area contributed by atoms with Crippen LogP contribution in [-0.4, -0.2) is 57.8 Å². The highest BCUT2D eigenvalue weighted by Gasteiger charge is 2.29. The predicted molar refractivity (Wildman–Crippen MR) is 118 cm³/mol. The SMILES string of the molecule is COc1ccc(NC(=O)CSc2c(Cl)cccc2Cl)cc1S(=O)(=O)N1CCOCC1. The van der Waals surface area contributed by atoms with Crippen LogP contribution in [0.25, 0.3) is 0 Å². The second-order valence-electron chi connectivity index (χ2n) is 6.27. The minimum Gasteiger partial charge on any atom is -0.495 e. The van der Waals surface area contributed by atoms with E-state index in [1.807, 2.05) is 0 Å². The summed E-state index contributed by atoms with van der Waals surface area (Å²) >= 11 is 13.4. The molecule has 1 amide bonds. The van der Waals surface area contributed by atoms with Crippen LogP contribution in [0.4, 0.5) is 5.69 Å². The molecule has 11 heteroatoms. The number of carbonyl (C=O) groups is 1. The molecule has 1 saturated heterocycles. The van der Waals surface area contributed by atoms with Crippen molar-refractivity contribution < 1.29 is 22.7 Å². The zero-order valence-electron chi connectivity index (χ0n) is 16.1. The third kappa shape index (κ3) is 5.40. The summed E-state index contributed by atoms with van der Waals surface area (Å²) in [4.78, 5) is 13.0. The second kappa shape index (κ2) is 10.2. The van der Waals surface area contributed by atoms with Crippen LogP contribution in [0.3, 0.4) is 0 Å². The summed E-state index contributed by atoms with van der Waals surface area (Å²) in [6.45, 7) is 1.19. The summed E-state index contributed by atoms with van der Waals surface area (Å²) in [5.41, 5.74) is 0.346. The summed E-state index contributed by atoms with van der Waals surface area (Å²) < 4.78 is 37.9. The number of nitrogens with zero attached hydrogens (tertiary/aromatic N) is 1. The lowest BCUT2D eigenvalue weighted by molar-refractivity contribution is -0.113. The van der Waals surface area contributed by atoms with Crippen LogP contribution in [-0.2, 0) is 19.6 Å². The molecule has 0 bridgehead atoms. The molecule has 0 spiro atoms. The van der Waals surface area contributed by atoms with Gasteiger partial charge in [0.05, 0.1) is 36.1 Å². The van der Waals surface area contributed by atoms with E-state index in [0.29, 0.717) is 33.8 Å². The van der Waals surface area contributed by atoms with Gasteiger partial charge in [-0.2, -0.15) is 4.31 Å². The van der Waals surface area contributed by atoms with Crippen molar-refractivity contribution in [2.75, 3.05) is 44.5 Å². The zero-order valence-corrected chi connectivity index (χ0v) is 19.2. The minimum atomic E-state index is -3.79. The Hall–Kier alpha value is -1.49. The van der Waals surface area contributed by atoms with Crippen molar-refractivity contribution in [1.29, 1.82) is 0 Å². The molecule has 30 heavy (non-hydrogen) atoms. The lowest BCUT2D eigenvalue weighted by atomic mass is 10.3. The quantitative estimate of drug-likeness (QED) is 0.594. The van der Waals surface area contributed by atoms with Crippen molar-refractivity contribution in [3.8, 4) is 5.75 Å². The monoisotopic (exact) mass is 490 g/mol. The number of thioether (sulfide) groups is 1. The van der Waals surface area contributed by atoms with Gasteiger partial charge < -0.3 is 14.8 Å². The first-order valence-electron chi connectivity index (χ1n) is 8.95. The van der Waals surface area contributed by atoms with Gasteiger partial charge in [-0.05, 0) is 30.3 Å². The Balaban J connectivity index is 1.75. The molecule has 1 heterocycles. The molecule has 0 aliphatic carbocycles. The molecule has 7 nitrogen and oxygen atoms in total. The van der Waals surface area contributed by atoms with Gasteiger partial charge in [0.1, 0.15) is 10.6 Å². The Morgan fingerprint density at radius 1 is 1.20 bits per heavy atom. The fourth-order valence-electron chi connectivity index (χ4n) is 2.84. The van der Waals surface area contributed by atoms with E-state index in [-0.39, 0.29) is 35.4 Å². The highest BCUT2D eigenvalue weighted by molar-refractivity contribution is 8.00. The molecule has 1 fully saturated rings. The largest absolute Gasteiger partial charge is 0.495 e. The normalized spacial score (nSPS) is 15.0. The Labute approximate surface area is 189 Å². The first-order chi connectivity index (χ1) is 14.3. The maximum absolute atomic E-state index is 13.0. The number of anilines is 1. The summed E-state index contributed by atoms with van der Waals surface area (Å²) in [6.07, 6.45) is 0. The van der Waals surface area contributed by atoms with Gasteiger partial charge in [0.25, 0.3) is 0 Å². The fraction of sp³-hybridized carbons (Fsp3) is 0.316. The molecule has 1 aliphatic heterocycles. The average Bonchev–Trinajstić information content (AvgIpc) is 2.74. The lowest BCUT2D eigenvalue weighted by Crippen LogP contribution is -2.40. The van der Waals surface area contributed by atoms with Crippen molar-refractivity contribution in [1.82, 2.24) is 4.31 Å². The molecule has 1 aliphatic rings. The molecular weight excluding hydrogens is 471 g/mol. The maximum Gasteiger partial charge on any atom is 0.246 e. The number of sulfonamides is 1. The fourth-order valence-corrected chi connectivity index (χ4v) is 5.91. The van der Waals surface area contributed by atoms with Crippen molar-refractivity contribution in [3.63, 3.8) is 0 Å². The van der Waals surface area contributed by atoms with Crippen LogP contribution in [0.1, 0.15) is 0 Å². The molecule has 0 aromatic heterocycles. The van der Waals surface area contributed by atoms with Gasteiger partial charge in [-0.15, -0.1) is 11.8 Å². The van der Waals surface area contributed by atoms with E-state index in [9.17, 15) is 13.2 Å². The molecule has 0 unspecified atom stereocenters. The number of rotatable bonds is 7. The molecule has 162 valence electrons. The van der Waals surface area contributed by atoms with Crippen molar-refractivity contribution in [2.24, 2.45) is 0 Å². The van der Waals surface area contributed by atoms with Gasteiger partial charge in [-0.25, -0.2) is 8.42 Å². The van der Waals surface area contributed by atoms with Crippen molar-refractivity contribution in [3.05, 3.63) is 46.4 Å². The van der Waals surface area contributed by atoms with Crippen molar-refractivity contribution >= 4 is 56.6 Å². The Bertz CT molecular complexity index is 1010. The third-order valence-corrected chi connectivity index (χ3v) is 8.21. The molecule has 0 atom stereocenters. The number of amides is 1. The number of methoxy groups -OCH3 is 1. The first kappa shape index (κ1) is 23.2. The predicted octanol–water partition coefficient (Wildman–Crippen LogP) is 3.75. The molecule has 2 aromatic carbocycles. The summed E-state index contributed by atoms with van der Waals surface area (Å²) in [7, 11) is -2.39.